The van der Waals surface area contributed by atoms with Crippen LogP contribution in [0.4, 0.5) is 5.69 Å². The summed E-state index contributed by atoms with van der Waals surface area (Å²) in [6.45, 7) is 0. The van der Waals surface area contributed by atoms with E-state index in [0.29, 0.717) is 23.4 Å². The SMILES string of the molecule is CN1C(=O)C(Cc2ccccc2)N=C(c2ccccc2)c2cc(Cl)c(C(=O)O)cc21. The van der Waals surface area contributed by atoms with Gasteiger partial charge in [-0.2, -0.15) is 0 Å². The first-order valence-electron chi connectivity index (χ1n) is 9.47. The molecule has 1 unspecified atom stereocenters. The molecule has 6 heteroatoms. The minimum Gasteiger partial charge on any atom is -0.478 e. The normalized spacial score (nSPS) is 15.9. The standard InChI is InChI=1S/C24H19ClN2O3/c1-27-21-14-17(24(29)30)19(25)13-18(21)22(16-10-6-3-7-11-16)26-20(23(27)28)12-15-8-4-2-5-9-15/h2-11,13-14,20H,12H2,1H3,(H,29,30). The Balaban J connectivity index is 1.91. The van der Waals surface area contributed by atoms with Gasteiger partial charge in [0.05, 0.1) is 22.0 Å². The number of carbonyl (C=O) groups is 2. The fourth-order valence-electron chi connectivity index (χ4n) is 3.61. The van der Waals surface area contributed by atoms with Gasteiger partial charge in [-0.1, -0.05) is 72.3 Å². The van der Waals surface area contributed by atoms with Gasteiger partial charge in [0.15, 0.2) is 0 Å². The average molecular weight is 419 g/mol. The van der Waals surface area contributed by atoms with Gasteiger partial charge in [-0.3, -0.25) is 9.79 Å². The van der Waals surface area contributed by atoms with Crippen molar-refractivity contribution in [3.05, 3.63) is 100 Å². The number of aliphatic imine (C=N–C) groups is 1. The van der Waals surface area contributed by atoms with Gasteiger partial charge in [-0.15, -0.1) is 0 Å². The van der Waals surface area contributed by atoms with Crippen molar-refractivity contribution in [3.8, 4) is 0 Å². The molecule has 0 saturated heterocycles. The molecular formula is C24H19ClN2O3. The highest BCUT2D eigenvalue weighted by atomic mass is 35.5. The summed E-state index contributed by atoms with van der Waals surface area (Å²) in [5, 5.41) is 9.61. The highest BCUT2D eigenvalue weighted by Crippen LogP contribution is 2.33. The van der Waals surface area contributed by atoms with Crippen molar-refractivity contribution in [1.82, 2.24) is 0 Å². The molecule has 1 aliphatic heterocycles. The number of benzodiazepines with no additional fused rings is 1. The number of nitrogens with zero attached hydrogens (tertiary/aromatic N) is 2. The van der Waals surface area contributed by atoms with Crippen LogP contribution in [0.15, 0.2) is 77.8 Å². The summed E-state index contributed by atoms with van der Waals surface area (Å²) in [6, 6.07) is 21.6. The third-order valence-corrected chi connectivity index (χ3v) is 5.46. The Morgan fingerprint density at radius 1 is 1.07 bits per heavy atom. The largest absolute Gasteiger partial charge is 0.478 e. The Bertz CT molecular complexity index is 1140. The third-order valence-electron chi connectivity index (χ3n) is 5.15. The molecule has 3 aromatic rings. The van der Waals surface area contributed by atoms with Crippen molar-refractivity contribution in [2.45, 2.75) is 12.5 Å². The van der Waals surface area contributed by atoms with E-state index in [-0.39, 0.29) is 16.5 Å². The molecule has 0 spiro atoms. The molecule has 0 radical (unpaired) electrons. The third kappa shape index (κ3) is 3.72. The summed E-state index contributed by atoms with van der Waals surface area (Å²) in [6.07, 6.45) is 0.438. The number of carbonyl (C=O) groups excluding carboxylic acids is 1. The first-order valence-corrected chi connectivity index (χ1v) is 9.85. The van der Waals surface area contributed by atoms with Gasteiger partial charge in [-0.05, 0) is 17.7 Å². The fraction of sp³-hybridized carbons (Fsp3) is 0.125. The van der Waals surface area contributed by atoms with Crippen molar-refractivity contribution in [1.29, 1.82) is 0 Å². The molecule has 1 heterocycles. The van der Waals surface area contributed by atoms with Gasteiger partial charge in [0.1, 0.15) is 6.04 Å². The summed E-state index contributed by atoms with van der Waals surface area (Å²) < 4.78 is 0. The van der Waals surface area contributed by atoms with E-state index >= 15 is 0 Å². The molecule has 0 saturated carbocycles. The van der Waals surface area contributed by atoms with Gasteiger partial charge in [0.2, 0.25) is 0 Å². The summed E-state index contributed by atoms with van der Waals surface area (Å²) in [5.74, 6) is -1.35. The lowest BCUT2D eigenvalue weighted by Crippen LogP contribution is -2.36. The second-order valence-electron chi connectivity index (χ2n) is 7.10. The molecule has 150 valence electrons. The second-order valence-corrected chi connectivity index (χ2v) is 7.51. The van der Waals surface area contributed by atoms with Crippen molar-refractivity contribution in [2.75, 3.05) is 11.9 Å². The molecule has 5 nitrogen and oxygen atoms in total. The molecule has 4 rings (SSSR count). The van der Waals surface area contributed by atoms with Gasteiger partial charge in [0, 0.05) is 24.6 Å². The van der Waals surface area contributed by atoms with Crippen LogP contribution in [0.25, 0.3) is 0 Å². The number of carboxylic acids is 1. The molecule has 1 aliphatic rings. The molecule has 1 amide bonds. The molecule has 0 aromatic heterocycles. The molecule has 30 heavy (non-hydrogen) atoms. The number of carboxylic acid groups (broad SMARTS) is 1. The maximum absolute atomic E-state index is 13.3. The highest BCUT2D eigenvalue weighted by molar-refractivity contribution is 6.35. The lowest BCUT2D eigenvalue weighted by molar-refractivity contribution is -0.119. The Morgan fingerprint density at radius 3 is 2.33 bits per heavy atom. The van der Waals surface area contributed by atoms with Crippen LogP contribution in [0.2, 0.25) is 5.02 Å². The van der Waals surface area contributed by atoms with Crippen LogP contribution in [-0.4, -0.2) is 35.8 Å². The number of benzene rings is 3. The Labute approximate surface area is 179 Å². The van der Waals surface area contributed by atoms with Gasteiger partial charge in [0.25, 0.3) is 5.91 Å². The Morgan fingerprint density at radius 2 is 1.70 bits per heavy atom. The average Bonchev–Trinajstić information content (AvgIpc) is 2.85. The Hall–Kier alpha value is -3.44. The number of likely N-dealkylation sites (N-methyl/N-ethyl adjacent to an activating group) is 1. The molecule has 1 N–H and O–H groups in total. The number of rotatable bonds is 4. The van der Waals surface area contributed by atoms with E-state index < -0.39 is 12.0 Å². The highest BCUT2D eigenvalue weighted by Gasteiger charge is 2.31. The first kappa shape index (κ1) is 19.9. The quantitative estimate of drug-likeness (QED) is 0.679. The van der Waals surface area contributed by atoms with E-state index in [2.05, 4.69) is 0 Å². The zero-order valence-electron chi connectivity index (χ0n) is 16.2. The second kappa shape index (κ2) is 8.13. The van der Waals surface area contributed by atoms with Crippen molar-refractivity contribution in [2.24, 2.45) is 4.99 Å². The van der Waals surface area contributed by atoms with Crippen LogP contribution < -0.4 is 4.90 Å². The minimum atomic E-state index is -1.15. The maximum atomic E-state index is 13.3. The molecule has 0 bridgehead atoms. The summed E-state index contributed by atoms with van der Waals surface area (Å²) in [7, 11) is 1.64. The fourth-order valence-corrected chi connectivity index (χ4v) is 3.86. The van der Waals surface area contributed by atoms with E-state index in [1.807, 2.05) is 60.7 Å². The van der Waals surface area contributed by atoms with E-state index in [0.717, 1.165) is 11.1 Å². The van der Waals surface area contributed by atoms with E-state index in [4.69, 9.17) is 16.6 Å². The molecule has 0 aliphatic carbocycles. The Kier molecular flexibility index (Phi) is 5.38. The number of halogens is 1. The predicted molar refractivity (Wildman–Crippen MR) is 118 cm³/mol. The van der Waals surface area contributed by atoms with Crippen LogP contribution in [0.3, 0.4) is 0 Å². The monoisotopic (exact) mass is 418 g/mol. The first-order chi connectivity index (χ1) is 14.5. The topological polar surface area (TPSA) is 70.0 Å². The number of amides is 1. The molecule has 3 aromatic carbocycles. The zero-order chi connectivity index (χ0) is 21.3. The van der Waals surface area contributed by atoms with Crippen molar-refractivity contribution in [3.63, 3.8) is 0 Å². The molecule has 0 fully saturated rings. The lowest BCUT2D eigenvalue weighted by atomic mass is 9.98. The number of hydrogen-bond donors (Lipinski definition) is 1. The molecular weight excluding hydrogens is 400 g/mol. The maximum Gasteiger partial charge on any atom is 0.337 e. The van der Waals surface area contributed by atoms with Crippen LogP contribution in [-0.2, 0) is 11.2 Å². The zero-order valence-corrected chi connectivity index (χ0v) is 17.0. The number of hydrogen-bond acceptors (Lipinski definition) is 3. The number of anilines is 1. The predicted octanol–water partition coefficient (Wildman–Crippen LogP) is 4.46. The summed E-state index contributed by atoms with van der Waals surface area (Å²) in [5.41, 5.74) is 3.49. The summed E-state index contributed by atoms with van der Waals surface area (Å²) >= 11 is 6.27. The van der Waals surface area contributed by atoms with Gasteiger partial charge in [-0.25, -0.2) is 4.79 Å². The van der Waals surface area contributed by atoms with Crippen LogP contribution in [0.1, 0.15) is 27.0 Å². The van der Waals surface area contributed by atoms with Crippen LogP contribution >= 0.6 is 11.6 Å². The van der Waals surface area contributed by atoms with E-state index in [1.165, 1.54) is 11.0 Å². The minimum absolute atomic E-state index is 0.0519. The van der Waals surface area contributed by atoms with Gasteiger partial charge < -0.3 is 10.0 Å². The van der Waals surface area contributed by atoms with E-state index in [9.17, 15) is 14.7 Å². The lowest BCUT2D eigenvalue weighted by Gasteiger charge is -2.21. The van der Waals surface area contributed by atoms with Crippen molar-refractivity contribution < 1.29 is 14.7 Å². The number of aromatic carboxylic acids is 1. The van der Waals surface area contributed by atoms with Gasteiger partial charge >= 0.3 is 5.97 Å². The smallest absolute Gasteiger partial charge is 0.337 e. The summed E-state index contributed by atoms with van der Waals surface area (Å²) in [4.78, 5) is 31.2. The number of fused-ring (bicyclic) bond motifs is 1. The molecule has 1 atom stereocenters. The van der Waals surface area contributed by atoms with Crippen LogP contribution in [0.5, 0.6) is 0 Å². The van der Waals surface area contributed by atoms with Crippen LogP contribution in [0, 0.1) is 0 Å². The van der Waals surface area contributed by atoms with E-state index in [1.54, 1.807) is 13.1 Å². The van der Waals surface area contributed by atoms with Crippen molar-refractivity contribution >= 4 is 34.9 Å².